The van der Waals surface area contributed by atoms with Gasteiger partial charge < -0.3 is 10.5 Å². The molecule has 3 N–H and O–H groups in total. The number of nitrogens with one attached hydrogen (secondary N) is 1. The second kappa shape index (κ2) is 5.06. The summed E-state index contributed by atoms with van der Waals surface area (Å²) in [5.74, 6) is -1.11. The van der Waals surface area contributed by atoms with Crippen LogP contribution in [-0.4, -0.2) is 5.84 Å². The van der Waals surface area contributed by atoms with Gasteiger partial charge in [-0.1, -0.05) is 0 Å². The maximum atomic E-state index is 13.4. The van der Waals surface area contributed by atoms with E-state index in [0.29, 0.717) is 11.3 Å². The molecule has 0 aromatic heterocycles. The van der Waals surface area contributed by atoms with E-state index in [0.717, 1.165) is 23.8 Å². The van der Waals surface area contributed by atoms with Crippen LogP contribution in [-0.2, 0) is 0 Å². The van der Waals surface area contributed by atoms with Gasteiger partial charge in [-0.2, -0.15) is 0 Å². The number of halogens is 2. The average molecular weight is 262 g/mol. The Morgan fingerprint density at radius 2 is 1.89 bits per heavy atom. The Kier molecular flexibility index (Phi) is 3.46. The third-order valence-electron chi connectivity index (χ3n) is 2.61. The Bertz CT molecular complexity index is 641. The normalized spacial score (nSPS) is 10.3. The lowest BCUT2D eigenvalue weighted by molar-refractivity contribution is 0.436. The lowest BCUT2D eigenvalue weighted by Gasteiger charge is -2.09. The SMILES string of the molecule is Cc1cc(Oc2cc(F)ccc2F)ccc1C(=N)N. The van der Waals surface area contributed by atoms with Crippen LogP contribution in [0.5, 0.6) is 11.5 Å². The van der Waals surface area contributed by atoms with Gasteiger partial charge in [0, 0.05) is 11.6 Å². The quantitative estimate of drug-likeness (QED) is 0.658. The number of nitrogen functional groups attached to an aromatic ring is 1. The van der Waals surface area contributed by atoms with Crippen molar-refractivity contribution in [2.24, 2.45) is 5.73 Å². The molecule has 19 heavy (non-hydrogen) atoms. The summed E-state index contributed by atoms with van der Waals surface area (Å²) in [4.78, 5) is 0. The summed E-state index contributed by atoms with van der Waals surface area (Å²) < 4.78 is 31.7. The molecule has 0 saturated heterocycles. The van der Waals surface area contributed by atoms with Gasteiger partial charge in [-0.25, -0.2) is 8.78 Å². The summed E-state index contributed by atoms with van der Waals surface area (Å²) >= 11 is 0. The van der Waals surface area contributed by atoms with Crippen LogP contribution in [0.4, 0.5) is 8.78 Å². The zero-order valence-corrected chi connectivity index (χ0v) is 10.2. The number of aryl methyl sites for hydroxylation is 1. The van der Waals surface area contributed by atoms with Gasteiger partial charge in [-0.3, -0.25) is 5.41 Å². The van der Waals surface area contributed by atoms with Crippen LogP contribution in [0.15, 0.2) is 36.4 Å². The van der Waals surface area contributed by atoms with Gasteiger partial charge in [0.25, 0.3) is 0 Å². The van der Waals surface area contributed by atoms with E-state index < -0.39 is 11.6 Å². The lowest BCUT2D eigenvalue weighted by Crippen LogP contribution is -2.12. The number of rotatable bonds is 3. The first kappa shape index (κ1) is 13.0. The molecule has 0 aliphatic rings. The molecule has 0 unspecified atom stereocenters. The summed E-state index contributed by atoms with van der Waals surface area (Å²) in [5, 5.41) is 7.36. The highest BCUT2D eigenvalue weighted by Crippen LogP contribution is 2.26. The van der Waals surface area contributed by atoms with Gasteiger partial charge in [-0.15, -0.1) is 0 Å². The summed E-state index contributed by atoms with van der Waals surface area (Å²) in [5.41, 5.74) is 6.69. The fraction of sp³-hybridized carbons (Fsp3) is 0.0714. The van der Waals surface area contributed by atoms with Gasteiger partial charge in [-0.05, 0) is 42.8 Å². The minimum absolute atomic E-state index is 0.0546. The van der Waals surface area contributed by atoms with Crippen molar-refractivity contribution >= 4 is 5.84 Å². The van der Waals surface area contributed by atoms with Crippen molar-refractivity contribution in [3.05, 3.63) is 59.2 Å². The number of amidine groups is 1. The second-order valence-electron chi connectivity index (χ2n) is 4.07. The van der Waals surface area contributed by atoms with Crippen LogP contribution in [0.1, 0.15) is 11.1 Å². The highest BCUT2D eigenvalue weighted by molar-refractivity contribution is 5.96. The van der Waals surface area contributed by atoms with E-state index >= 15 is 0 Å². The Hall–Kier alpha value is -2.43. The molecule has 0 fully saturated rings. The molecule has 5 heteroatoms. The van der Waals surface area contributed by atoms with Crippen LogP contribution < -0.4 is 10.5 Å². The van der Waals surface area contributed by atoms with Gasteiger partial charge in [0.15, 0.2) is 11.6 Å². The van der Waals surface area contributed by atoms with E-state index in [1.807, 2.05) is 0 Å². The number of hydrogen-bond donors (Lipinski definition) is 2. The molecule has 0 atom stereocenters. The molecule has 0 spiro atoms. The molecule has 2 aromatic carbocycles. The molecule has 0 saturated carbocycles. The van der Waals surface area contributed by atoms with Crippen LogP contribution in [0, 0.1) is 24.0 Å². The standard InChI is InChI=1S/C14H12F2N2O/c1-8-6-10(3-4-11(8)14(17)18)19-13-7-9(15)2-5-12(13)16/h2-7H,1H3,(H3,17,18). The largest absolute Gasteiger partial charge is 0.454 e. The molecule has 0 aliphatic heterocycles. The smallest absolute Gasteiger partial charge is 0.165 e. The average Bonchev–Trinajstić information content (AvgIpc) is 2.33. The molecule has 3 nitrogen and oxygen atoms in total. The Labute approximate surface area is 109 Å². The molecule has 98 valence electrons. The first-order chi connectivity index (χ1) is 8.97. The van der Waals surface area contributed by atoms with Gasteiger partial charge >= 0.3 is 0 Å². The molecule has 0 heterocycles. The number of ether oxygens (including phenoxy) is 1. The van der Waals surface area contributed by atoms with Crippen molar-refractivity contribution in [1.29, 1.82) is 5.41 Å². The molecular weight excluding hydrogens is 250 g/mol. The lowest BCUT2D eigenvalue weighted by atomic mass is 10.1. The third-order valence-corrected chi connectivity index (χ3v) is 2.61. The fourth-order valence-corrected chi connectivity index (χ4v) is 1.68. The van der Waals surface area contributed by atoms with Crippen molar-refractivity contribution in [1.82, 2.24) is 0 Å². The maximum absolute atomic E-state index is 13.4. The van der Waals surface area contributed by atoms with E-state index in [9.17, 15) is 8.78 Å². The van der Waals surface area contributed by atoms with E-state index in [2.05, 4.69) is 0 Å². The topological polar surface area (TPSA) is 59.1 Å². The Balaban J connectivity index is 2.31. The van der Waals surface area contributed by atoms with Crippen LogP contribution in [0.2, 0.25) is 0 Å². The summed E-state index contributed by atoms with van der Waals surface area (Å²) in [6.45, 7) is 1.76. The van der Waals surface area contributed by atoms with Crippen LogP contribution in [0.3, 0.4) is 0 Å². The molecule has 0 radical (unpaired) electrons. The van der Waals surface area contributed by atoms with E-state index in [1.165, 1.54) is 0 Å². The molecular formula is C14H12F2N2O. The van der Waals surface area contributed by atoms with Crippen molar-refractivity contribution in [2.45, 2.75) is 6.92 Å². The summed E-state index contributed by atoms with van der Waals surface area (Å²) in [7, 11) is 0. The van der Waals surface area contributed by atoms with E-state index in [-0.39, 0.29) is 11.6 Å². The number of nitrogens with two attached hydrogens (primary N) is 1. The molecule has 2 rings (SSSR count). The number of benzene rings is 2. The summed E-state index contributed by atoms with van der Waals surface area (Å²) in [6.07, 6.45) is 0. The van der Waals surface area contributed by atoms with Crippen LogP contribution in [0.25, 0.3) is 0 Å². The van der Waals surface area contributed by atoms with E-state index in [4.69, 9.17) is 15.9 Å². The highest BCUT2D eigenvalue weighted by atomic mass is 19.1. The monoisotopic (exact) mass is 262 g/mol. The van der Waals surface area contributed by atoms with Crippen molar-refractivity contribution in [3.8, 4) is 11.5 Å². The highest BCUT2D eigenvalue weighted by Gasteiger charge is 2.08. The first-order valence-electron chi connectivity index (χ1n) is 5.55. The maximum Gasteiger partial charge on any atom is 0.165 e. The molecule has 0 aliphatic carbocycles. The van der Waals surface area contributed by atoms with Gasteiger partial charge in [0.1, 0.15) is 17.4 Å². The Morgan fingerprint density at radius 3 is 2.53 bits per heavy atom. The fourth-order valence-electron chi connectivity index (χ4n) is 1.68. The van der Waals surface area contributed by atoms with Crippen molar-refractivity contribution in [3.63, 3.8) is 0 Å². The van der Waals surface area contributed by atoms with Gasteiger partial charge in [0.05, 0.1) is 0 Å². The zero-order valence-electron chi connectivity index (χ0n) is 10.2. The molecule has 0 bridgehead atoms. The van der Waals surface area contributed by atoms with Crippen molar-refractivity contribution < 1.29 is 13.5 Å². The molecule has 0 amide bonds. The van der Waals surface area contributed by atoms with E-state index in [1.54, 1.807) is 25.1 Å². The Morgan fingerprint density at radius 1 is 1.16 bits per heavy atom. The predicted molar refractivity (Wildman–Crippen MR) is 68.6 cm³/mol. The third kappa shape index (κ3) is 2.88. The summed E-state index contributed by atoms with van der Waals surface area (Å²) in [6, 6.07) is 7.76. The van der Waals surface area contributed by atoms with Crippen molar-refractivity contribution in [2.75, 3.05) is 0 Å². The van der Waals surface area contributed by atoms with Gasteiger partial charge in [0.2, 0.25) is 0 Å². The zero-order chi connectivity index (χ0) is 14.0. The second-order valence-corrected chi connectivity index (χ2v) is 4.07. The number of hydrogen-bond acceptors (Lipinski definition) is 2. The minimum atomic E-state index is -0.644. The predicted octanol–water partition coefficient (Wildman–Crippen LogP) is 3.35. The molecule has 2 aromatic rings. The first-order valence-corrected chi connectivity index (χ1v) is 5.55. The minimum Gasteiger partial charge on any atom is -0.454 e. The van der Waals surface area contributed by atoms with Crippen LogP contribution >= 0.6 is 0 Å².